The second kappa shape index (κ2) is 11.2. The van der Waals surface area contributed by atoms with E-state index in [4.69, 9.17) is 0 Å². The fourth-order valence-corrected chi connectivity index (χ4v) is 5.78. The van der Waals surface area contributed by atoms with E-state index in [1.54, 1.807) is 0 Å². The van der Waals surface area contributed by atoms with Gasteiger partial charge >= 0.3 is 0 Å². The van der Waals surface area contributed by atoms with E-state index < -0.39 is 34.2 Å². The SMILES string of the molecule is CC(C)CS(=O)(=O)NCC(O)CC(Cc1ccccc1)C(=O)NC1c2ccccc2CC1O. The summed E-state index contributed by atoms with van der Waals surface area (Å²) in [5.41, 5.74) is 2.85. The first-order chi connectivity index (χ1) is 15.6. The van der Waals surface area contributed by atoms with Crippen molar-refractivity contribution in [1.82, 2.24) is 10.0 Å². The number of hydrogen-bond donors (Lipinski definition) is 4. The van der Waals surface area contributed by atoms with Gasteiger partial charge in [0, 0.05) is 18.9 Å². The minimum absolute atomic E-state index is 0.0212. The highest BCUT2D eigenvalue weighted by atomic mass is 32.2. The normalized spacial score (nSPS) is 19.8. The van der Waals surface area contributed by atoms with Crippen molar-refractivity contribution in [3.05, 3.63) is 71.3 Å². The predicted octanol–water partition coefficient (Wildman–Crippen LogP) is 1.95. The summed E-state index contributed by atoms with van der Waals surface area (Å²) in [7, 11) is -3.49. The molecule has 4 atom stereocenters. The van der Waals surface area contributed by atoms with Gasteiger partial charge in [-0.25, -0.2) is 13.1 Å². The molecular weight excluding hydrogens is 440 g/mol. The van der Waals surface area contributed by atoms with Crippen molar-refractivity contribution in [1.29, 1.82) is 0 Å². The third kappa shape index (κ3) is 7.37. The van der Waals surface area contributed by atoms with Crippen LogP contribution >= 0.6 is 0 Å². The molecule has 0 heterocycles. The van der Waals surface area contributed by atoms with E-state index >= 15 is 0 Å². The lowest BCUT2D eigenvalue weighted by Gasteiger charge is -2.24. The molecule has 1 aliphatic carbocycles. The Balaban J connectivity index is 1.69. The summed E-state index contributed by atoms with van der Waals surface area (Å²) in [6.45, 7) is 3.47. The fraction of sp³-hybridized carbons (Fsp3) is 0.480. The summed E-state index contributed by atoms with van der Waals surface area (Å²) in [6.07, 6.45) is -0.767. The maximum atomic E-state index is 13.3. The lowest BCUT2D eigenvalue weighted by atomic mass is 9.92. The third-order valence-electron chi connectivity index (χ3n) is 5.85. The van der Waals surface area contributed by atoms with Crippen molar-refractivity contribution < 1.29 is 23.4 Å². The van der Waals surface area contributed by atoms with Gasteiger partial charge in [0.2, 0.25) is 15.9 Å². The number of aliphatic hydroxyl groups is 2. The van der Waals surface area contributed by atoms with E-state index in [9.17, 15) is 23.4 Å². The maximum Gasteiger partial charge on any atom is 0.224 e. The quantitative estimate of drug-likeness (QED) is 0.397. The predicted molar refractivity (Wildman–Crippen MR) is 128 cm³/mol. The van der Waals surface area contributed by atoms with E-state index in [-0.39, 0.29) is 30.5 Å². The first kappa shape index (κ1) is 25.4. The highest BCUT2D eigenvalue weighted by Crippen LogP contribution is 2.31. The minimum Gasteiger partial charge on any atom is -0.392 e. The van der Waals surface area contributed by atoms with Crippen LogP contribution in [0.1, 0.15) is 43.0 Å². The van der Waals surface area contributed by atoms with Gasteiger partial charge in [0.25, 0.3) is 0 Å². The Labute approximate surface area is 196 Å². The molecule has 1 amide bonds. The molecule has 3 rings (SSSR count). The summed E-state index contributed by atoms with van der Waals surface area (Å²) in [5, 5.41) is 24.0. The molecule has 0 saturated heterocycles. The number of aliphatic hydroxyl groups excluding tert-OH is 2. The average Bonchev–Trinajstić information content (AvgIpc) is 3.07. The number of rotatable bonds is 11. The van der Waals surface area contributed by atoms with Crippen molar-refractivity contribution in [3.63, 3.8) is 0 Å². The lowest BCUT2D eigenvalue weighted by molar-refractivity contribution is -0.127. The zero-order valence-electron chi connectivity index (χ0n) is 19.1. The van der Waals surface area contributed by atoms with Gasteiger partial charge in [0.1, 0.15) is 0 Å². The van der Waals surface area contributed by atoms with E-state index in [0.717, 1.165) is 16.7 Å². The van der Waals surface area contributed by atoms with Gasteiger partial charge in [-0.3, -0.25) is 4.79 Å². The zero-order chi connectivity index (χ0) is 24.0. The topological polar surface area (TPSA) is 116 Å². The van der Waals surface area contributed by atoms with Crippen molar-refractivity contribution >= 4 is 15.9 Å². The molecule has 7 nitrogen and oxygen atoms in total. The van der Waals surface area contributed by atoms with Gasteiger partial charge in [-0.05, 0) is 35.4 Å². The van der Waals surface area contributed by atoms with Crippen molar-refractivity contribution in [2.24, 2.45) is 11.8 Å². The Kier molecular flexibility index (Phi) is 8.64. The number of hydrogen-bond acceptors (Lipinski definition) is 5. The van der Waals surface area contributed by atoms with Crippen molar-refractivity contribution in [3.8, 4) is 0 Å². The largest absolute Gasteiger partial charge is 0.392 e. The Morgan fingerprint density at radius 3 is 2.45 bits per heavy atom. The summed E-state index contributed by atoms with van der Waals surface area (Å²) in [4.78, 5) is 13.3. The molecule has 8 heteroatoms. The van der Waals surface area contributed by atoms with E-state index in [1.807, 2.05) is 68.4 Å². The van der Waals surface area contributed by atoms with Crippen LogP contribution in [0.5, 0.6) is 0 Å². The monoisotopic (exact) mass is 474 g/mol. The molecule has 0 spiro atoms. The molecule has 4 N–H and O–H groups in total. The maximum absolute atomic E-state index is 13.3. The molecule has 0 saturated carbocycles. The molecule has 0 bridgehead atoms. The fourth-order valence-electron chi connectivity index (χ4n) is 4.33. The van der Waals surface area contributed by atoms with Crippen LogP contribution in [-0.4, -0.2) is 49.0 Å². The summed E-state index contributed by atoms with van der Waals surface area (Å²) < 4.78 is 26.7. The van der Waals surface area contributed by atoms with E-state index in [1.165, 1.54) is 0 Å². The molecule has 0 aromatic heterocycles. The molecule has 4 unspecified atom stereocenters. The first-order valence-corrected chi connectivity index (χ1v) is 13.1. The Morgan fingerprint density at radius 2 is 1.76 bits per heavy atom. The summed E-state index contributed by atoms with van der Waals surface area (Å²) in [5.74, 6) is -0.912. The standard InChI is InChI=1S/C25H34N2O5S/c1-17(2)16-33(31,32)26-15-21(28)13-20(12-18-8-4-3-5-9-18)25(30)27-24-22-11-7-6-10-19(22)14-23(24)29/h3-11,17,20-21,23-24,26,28-29H,12-16H2,1-2H3,(H,27,30). The van der Waals surface area contributed by atoms with Crippen LogP contribution in [0.2, 0.25) is 0 Å². The van der Waals surface area contributed by atoms with Crippen LogP contribution in [0.25, 0.3) is 0 Å². The molecule has 180 valence electrons. The van der Waals surface area contributed by atoms with Crippen LogP contribution in [-0.2, 0) is 27.7 Å². The Morgan fingerprint density at radius 1 is 1.09 bits per heavy atom. The highest BCUT2D eigenvalue weighted by Gasteiger charge is 2.34. The molecule has 0 radical (unpaired) electrons. The summed E-state index contributed by atoms with van der Waals surface area (Å²) >= 11 is 0. The molecule has 0 fully saturated rings. The number of sulfonamides is 1. The lowest BCUT2D eigenvalue weighted by Crippen LogP contribution is -2.41. The molecule has 2 aromatic rings. The molecule has 2 aromatic carbocycles. The second-order valence-electron chi connectivity index (χ2n) is 9.26. The highest BCUT2D eigenvalue weighted by molar-refractivity contribution is 7.89. The zero-order valence-corrected chi connectivity index (χ0v) is 20.0. The molecule has 1 aliphatic rings. The number of carbonyl (C=O) groups is 1. The van der Waals surface area contributed by atoms with Crippen LogP contribution in [0, 0.1) is 11.8 Å². The Hall–Kier alpha value is -2.26. The van der Waals surface area contributed by atoms with Crippen LogP contribution < -0.4 is 10.0 Å². The van der Waals surface area contributed by atoms with Gasteiger partial charge in [-0.2, -0.15) is 0 Å². The Bertz CT molecular complexity index is 1030. The van der Waals surface area contributed by atoms with Crippen LogP contribution in [0.3, 0.4) is 0 Å². The number of amides is 1. The van der Waals surface area contributed by atoms with Gasteiger partial charge in [0.05, 0.1) is 24.0 Å². The van der Waals surface area contributed by atoms with E-state index in [2.05, 4.69) is 10.0 Å². The van der Waals surface area contributed by atoms with Gasteiger partial charge in [-0.1, -0.05) is 68.4 Å². The number of benzene rings is 2. The van der Waals surface area contributed by atoms with Crippen molar-refractivity contribution in [2.45, 2.75) is 51.4 Å². The van der Waals surface area contributed by atoms with Gasteiger partial charge in [0.15, 0.2) is 0 Å². The molecular formula is C25H34N2O5S. The minimum atomic E-state index is -3.49. The van der Waals surface area contributed by atoms with Crippen molar-refractivity contribution in [2.75, 3.05) is 12.3 Å². The number of nitrogens with one attached hydrogen (secondary N) is 2. The van der Waals surface area contributed by atoms with Crippen LogP contribution in [0.15, 0.2) is 54.6 Å². The van der Waals surface area contributed by atoms with Gasteiger partial charge in [-0.15, -0.1) is 0 Å². The molecule has 33 heavy (non-hydrogen) atoms. The van der Waals surface area contributed by atoms with Crippen LogP contribution in [0.4, 0.5) is 0 Å². The third-order valence-corrected chi connectivity index (χ3v) is 7.56. The molecule has 0 aliphatic heterocycles. The smallest absolute Gasteiger partial charge is 0.224 e. The average molecular weight is 475 g/mol. The summed E-state index contributed by atoms with van der Waals surface area (Å²) in [6, 6.07) is 16.6. The number of fused-ring (bicyclic) bond motifs is 1. The van der Waals surface area contributed by atoms with E-state index in [0.29, 0.717) is 12.8 Å². The van der Waals surface area contributed by atoms with Gasteiger partial charge < -0.3 is 15.5 Å². The second-order valence-corrected chi connectivity index (χ2v) is 11.1. The number of carbonyl (C=O) groups excluding carboxylic acids is 1. The first-order valence-electron chi connectivity index (χ1n) is 11.4.